The molecule has 0 unspecified atom stereocenters. The van der Waals surface area contributed by atoms with Crippen molar-refractivity contribution in [1.82, 2.24) is 4.90 Å². The van der Waals surface area contributed by atoms with Gasteiger partial charge in [-0.1, -0.05) is 18.2 Å². The fourth-order valence-corrected chi connectivity index (χ4v) is 3.28. The summed E-state index contributed by atoms with van der Waals surface area (Å²) >= 11 is 0. The third-order valence-corrected chi connectivity index (χ3v) is 4.83. The van der Waals surface area contributed by atoms with Crippen LogP contribution in [0, 0.1) is 0 Å². The molecule has 146 valence electrons. The molecule has 5 heteroatoms. The van der Waals surface area contributed by atoms with E-state index in [0.717, 1.165) is 30.0 Å². The molecule has 0 bridgehead atoms. The molecule has 0 aromatic heterocycles. The highest BCUT2D eigenvalue weighted by Gasteiger charge is 2.11. The Balaban J connectivity index is 1.60. The Hall–Kier alpha value is -3.08. The molecule has 0 radical (unpaired) electrons. The summed E-state index contributed by atoms with van der Waals surface area (Å²) in [6, 6.07) is 15.2. The predicted octanol–water partition coefficient (Wildman–Crippen LogP) is 4.03. The lowest BCUT2D eigenvalue weighted by atomic mass is 10.1. The van der Waals surface area contributed by atoms with Crippen molar-refractivity contribution < 1.29 is 9.59 Å². The number of carbonyl (C=O) groups excluding carboxylic acids is 2. The summed E-state index contributed by atoms with van der Waals surface area (Å²) in [5.41, 5.74) is 3.45. The Bertz CT molecular complexity index is 850. The fourth-order valence-electron chi connectivity index (χ4n) is 3.28. The van der Waals surface area contributed by atoms with Gasteiger partial charge in [-0.05, 0) is 61.2 Å². The van der Waals surface area contributed by atoms with Gasteiger partial charge in [-0.15, -0.1) is 0 Å². The first-order chi connectivity index (χ1) is 13.5. The lowest BCUT2D eigenvalue weighted by molar-refractivity contribution is -0.111. The Morgan fingerprint density at radius 3 is 2.39 bits per heavy atom. The maximum absolute atomic E-state index is 12.3. The van der Waals surface area contributed by atoms with E-state index in [2.05, 4.69) is 16.3 Å². The van der Waals surface area contributed by atoms with Crippen LogP contribution in [0.2, 0.25) is 0 Å². The quantitative estimate of drug-likeness (QED) is 0.801. The normalized spacial score (nSPS) is 14.1. The molecule has 1 heterocycles. The Labute approximate surface area is 166 Å². The van der Waals surface area contributed by atoms with Gasteiger partial charge in [-0.25, -0.2) is 0 Å². The molecular formula is C23H27N3O2. The van der Waals surface area contributed by atoms with Gasteiger partial charge in [0.1, 0.15) is 0 Å². The highest BCUT2D eigenvalue weighted by atomic mass is 16.2. The molecule has 3 rings (SSSR count). The zero-order chi connectivity index (χ0) is 19.9. The van der Waals surface area contributed by atoms with Crippen LogP contribution in [-0.4, -0.2) is 43.9 Å². The topological polar surface area (TPSA) is 52.7 Å². The number of amides is 2. The van der Waals surface area contributed by atoms with Gasteiger partial charge in [0.25, 0.3) is 5.91 Å². The largest absolute Gasteiger partial charge is 0.371 e. The van der Waals surface area contributed by atoms with Crippen molar-refractivity contribution in [3.63, 3.8) is 0 Å². The summed E-state index contributed by atoms with van der Waals surface area (Å²) in [5, 5.41) is 2.92. The minimum absolute atomic E-state index is 0.0399. The summed E-state index contributed by atoms with van der Waals surface area (Å²) in [7, 11) is 3.45. The average Bonchev–Trinajstić information content (AvgIpc) is 2.73. The molecule has 0 spiro atoms. The van der Waals surface area contributed by atoms with Crippen LogP contribution in [-0.2, 0) is 4.79 Å². The second kappa shape index (κ2) is 9.22. The molecule has 1 fully saturated rings. The molecule has 2 amide bonds. The number of rotatable bonds is 5. The first-order valence-electron chi connectivity index (χ1n) is 9.69. The number of piperidine rings is 1. The molecule has 1 N–H and O–H groups in total. The summed E-state index contributed by atoms with van der Waals surface area (Å²) in [5.74, 6) is -0.217. The molecule has 1 saturated heterocycles. The third kappa shape index (κ3) is 5.22. The molecule has 0 aliphatic carbocycles. The summed E-state index contributed by atoms with van der Waals surface area (Å²) in [6.07, 6.45) is 6.99. The molecule has 2 aromatic rings. The maximum atomic E-state index is 12.3. The van der Waals surface area contributed by atoms with Crippen molar-refractivity contribution in [3.8, 4) is 0 Å². The van der Waals surface area contributed by atoms with E-state index in [1.807, 2.05) is 30.3 Å². The number of carbonyl (C=O) groups is 2. The molecule has 1 aliphatic heterocycles. The molecule has 0 saturated carbocycles. The minimum atomic E-state index is -0.177. The first-order valence-corrected chi connectivity index (χ1v) is 9.69. The van der Waals surface area contributed by atoms with Crippen LogP contribution in [0.4, 0.5) is 11.4 Å². The van der Waals surface area contributed by atoms with Gasteiger partial charge in [-0.3, -0.25) is 9.59 Å². The average molecular weight is 377 g/mol. The Kier molecular flexibility index (Phi) is 6.48. The predicted molar refractivity (Wildman–Crippen MR) is 115 cm³/mol. The van der Waals surface area contributed by atoms with Gasteiger partial charge in [0.15, 0.2) is 0 Å². The zero-order valence-electron chi connectivity index (χ0n) is 16.5. The van der Waals surface area contributed by atoms with Gasteiger partial charge < -0.3 is 15.1 Å². The number of nitrogens with one attached hydrogen (secondary N) is 1. The van der Waals surface area contributed by atoms with E-state index in [4.69, 9.17) is 0 Å². The molecular weight excluding hydrogens is 350 g/mol. The van der Waals surface area contributed by atoms with E-state index in [0.29, 0.717) is 5.56 Å². The van der Waals surface area contributed by atoms with Crippen molar-refractivity contribution >= 4 is 29.3 Å². The summed E-state index contributed by atoms with van der Waals surface area (Å²) in [6.45, 7) is 2.15. The molecule has 1 aliphatic rings. The van der Waals surface area contributed by atoms with Crippen molar-refractivity contribution in [2.75, 3.05) is 37.4 Å². The van der Waals surface area contributed by atoms with Crippen molar-refractivity contribution in [2.24, 2.45) is 0 Å². The fraction of sp³-hybridized carbons (Fsp3) is 0.304. The van der Waals surface area contributed by atoms with Crippen molar-refractivity contribution in [3.05, 3.63) is 65.7 Å². The van der Waals surface area contributed by atoms with Gasteiger partial charge in [0, 0.05) is 50.2 Å². The van der Waals surface area contributed by atoms with Gasteiger partial charge >= 0.3 is 0 Å². The second-order valence-electron chi connectivity index (χ2n) is 7.24. The van der Waals surface area contributed by atoms with Gasteiger partial charge in [0.05, 0.1) is 0 Å². The summed E-state index contributed by atoms with van der Waals surface area (Å²) < 4.78 is 0. The highest BCUT2D eigenvalue weighted by molar-refractivity contribution is 6.02. The Morgan fingerprint density at radius 2 is 1.71 bits per heavy atom. The Morgan fingerprint density at radius 1 is 1.00 bits per heavy atom. The van der Waals surface area contributed by atoms with Crippen molar-refractivity contribution in [2.45, 2.75) is 19.3 Å². The lowest BCUT2D eigenvalue weighted by Crippen LogP contribution is -2.29. The number of anilines is 2. The summed E-state index contributed by atoms with van der Waals surface area (Å²) in [4.78, 5) is 28.1. The standard InChI is InChI=1S/C23H27N3O2/c1-25(2)23(28)19-12-9-18(10-13-19)11-14-22(27)24-20-7-6-8-21(17-20)26-15-4-3-5-16-26/h6-14,17H,3-5,15-16H2,1-2H3,(H,24,27)/b14-11+. The van der Waals surface area contributed by atoms with Crippen LogP contribution < -0.4 is 10.2 Å². The number of hydrogen-bond donors (Lipinski definition) is 1. The van der Waals surface area contributed by atoms with Crippen LogP contribution >= 0.6 is 0 Å². The van der Waals surface area contributed by atoms with E-state index < -0.39 is 0 Å². The van der Waals surface area contributed by atoms with Gasteiger partial charge in [-0.2, -0.15) is 0 Å². The molecule has 5 nitrogen and oxygen atoms in total. The van der Waals surface area contributed by atoms with Crippen LogP contribution in [0.1, 0.15) is 35.2 Å². The van der Waals surface area contributed by atoms with Gasteiger partial charge in [0.2, 0.25) is 5.91 Å². The number of benzene rings is 2. The third-order valence-electron chi connectivity index (χ3n) is 4.83. The molecule has 2 aromatic carbocycles. The minimum Gasteiger partial charge on any atom is -0.371 e. The zero-order valence-corrected chi connectivity index (χ0v) is 16.5. The highest BCUT2D eigenvalue weighted by Crippen LogP contribution is 2.23. The van der Waals surface area contributed by atoms with E-state index in [-0.39, 0.29) is 11.8 Å². The lowest BCUT2D eigenvalue weighted by Gasteiger charge is -2.29. The van der Waals surface area contributed by atoms with E-state index in [1.165, 1.54) is 30.2 Å². The molecule has 28 heavy (non-hydrogen) atoms. The second-order valence-corrected chi connectivity index (χ2v) is 7.24. The number of nitrogens with zero attached hydrogens (tertiary/aromatic N) is 2. The SMILES string of the molecule is CN(C)C(=O)c1ccc(/C=C/C(=O)Nc2cccc(N3CCCCC3)c2)cc1. The smallest absolute Gasteiger partial charge is 0.253 e. The molecule has 0 atom stereocenters. The monoisotopic (exact) mass is 377 g/mol. The van der Waals surface area contributed by atoms with E-state index >= 15 is 0 Å². The number of hydrogen-bond acceptors (Lipinski definition) is 3. The van der Waals surface area contributed by atoms with E-state index in [1.54, 1.807) is 32.3 Å². The first kappa shape index (κ1) is 19.7. The van der Waals surface area contributed by atoms with Crippen molar-refractivity contribution in [1.29, 1.82) is 0 Å². The van der Waals surface area contributed by atoms with E-state index in [9.17, 15) is 9.59 Å². The van der Waals surface area contributed by atoms with Crippen LogP contribution in [0.25, 0.3) is 6.08 Å². The van der Waals surface area contributed by atoms with Crippen LogP contribution in [0.15, 0.2) is 54.6 Å². The van der Waals surface area contributed by atoms with Crippen LogP contribution in [0.5, 0.6) is 0 Å². The van der Waals surface area contributed by atoms with Crippen LogP contribution in [0.3, 0.4) is 0 Å². The maximum Gasteiger partial charge on any atom is 0.253 e.